The molecule has 6 heteroatoms. The minimum Gasteiger partial charge on any atom is -0.317 e. The summed E-state index contributed by atoms with van der Waals surface area (Å²) in [6, 6.07) is 0. The summed E-state index contributed by atoms with van der Waals surface area (Å²) in [6.45, 7) is 5.49. The van der Waals surface area contributed by atoms with E-state index in [1.165, 1.54) is 15.0 Å². The Bertz CT molecular complexity index is 889. The van der Waals surface area contributed by atoms with Gasteiger partial charge in [0.1, 0.15) is 10.0 Å². The molecule has 2 N–H and O–H groups in total. The Hall–Kier alpha value is -1.76. The van der Waals surface area contributed by atoms with Crippen molar-refractivity contribution in [1.82, 2.24) is 10.3 Å². The molecule has 0 spiro atoms. The molecule has 24 heavy (non-hydrogen) atoms. The van der Waals surface area contributed by atoms with Gasteiger partial charge in [-0.05, 0) is 31.4 Å². The highest BCUT2D eigenvalue weighted by molar-refractivity contribution is 7.18. The van der Waals surface area contributed by atoms with Gasteiger partial charge in [0.2, 0.25) is 5.91 Å². The first kappa shape index (κ1) is 15.7. The highest BCUT2D eigenvalue weighted by Crippen LogP contribution is 2.42. The standard InChI is InChI=1S/C18H19N3OS2/c1-2-5-15(22)21-18-16(11-8-9-19-10-14(11)24-18)17-20-12-6-3-4-7-13(12)23-17/h2,6-7,19H,1,3-5,8-10H2,(H,21,22). The van der Waals surface area contributed by atoms with Crippen LogP contribution >= 0.6 is 22.7 Å². The third-order valence-electron chi connectivity index (χ3n) is 4.24. The molecule has 0 aromatic carbocycles. The fraction of sp³-hybridized carbons (Fsp3) is 0.333. The lowest BCUT2D eigenvalue weighted by Gasteiger charge is -2.13. The van der Waals surface area contributed by atoms with Gasteiger partial charge in [-0.1, -0.05) is 18.2 Å². The normalized spacial score (nSPS) is 15.7. The van der Waals surface area contributed by atoms with Gasteiger partial charge in [-0.2, -0.15) is 0 Å². The van der Waals surface area contributed by atoms with Gasteiger partial charge < -0.3 is 10.6 Å². The Morgan fingerprint density at radius 2 is 2.25 bits per heavy atom. The fourth-order valence-corrected chi connectivity index (χ4v) is 5.55. The lowest BCUT2D eigenvalue weighted by atomic mass is 10.0. The Labute approximate surface area is 148 Å². The molecule has 1 aliphatic carbocycles. The molecule has 124 valence electrons. The van der Waals surface area contributed by atoms with Crippen LogP contribution in [0.25, 0.3) is 22.7 Å². The lowest BCUT2D eigenvalue weighted by Crippen LogP contribution is -2.23. The number of nitrogens with zero attached hydrogens (tertiary/aromatic N) is 1. The Morgan fingerprint density at radius 3 is 3.08 bits per heavy atom. The highest BCUT2D eigenvalue weighted by atomic mass is 32.1. The molecule has 0 bridgehead atoms. The van der Waals surface area contributed by atoms with E-state index >= 15 is 0 Å². The Morgan fingerprint density at radius 1 is 1.38 bits per heavy atom. The number of fused-ring (bicyclic) bond motifs is 2. The molecule has 0 saturated carbocycles. The summed E-state index contributed by atoms with van der Waals surface area (Å²) in [7, 11) is 0. The van der Waals surface area contributed by atoms with Crippen LogP contribution in [0, 0.1) is 0 Å². The second kappa shape index (κ2) is 6.63. The lowest BCUT2D eigenvalue weighted by molar-refractivity contribution is -0.115. The minimum atomic E-state index is -0.0164. The van der Waals surface area contributed by atoms with Gasteiger partial charge in [0.05, 0.1) is 9.88 Å². The molecular weight excluding hydrogens is 338 g/mol. The molecule has 0 atom stereocenters. The first-order chi connectivity index (χ1) is 11.8. The monoisotopic (exact) mass is 357 g/mol. The van der Waals surface area contributed by atoms with Crippen molar-refractivity contribution >= 4 is 45.7 Å². The number of carbonyl (C=O) groups is 1. The van der Waals surface area contributed by atoms with Crippen molar-refractivity contribution in [2.75, 3.05) is 11.9 Å². The molecule has 0 saturated heterocycles. The van der Waals surface area contributed by atoms with Crippen molar-refractivity contribution in [3.8, 4) is 10.6 Å². The maximum Gasteiger partial charge on any atom is 0.228 e. The Kier molecular flexibility index (Phi) is 4.35. The molecule has 1 amide bonds. The van der Waals surface area contributed by atoms with Crippen LogP contribution in [0.2, 0.25) is 0 Å². The largest absolute Gasteiger partial charge is 0.317 e. The van der Waals surface area contributed by atoms with E-state index < -0.39 is 0 Å². The van der Waals surface area contributed by atoms with Crippen LogP contribution < -0.4 is 20.5 Å². The van der Waals surface area contributed by atoms with Gasteiger partial charge in [-0.15, -0.1) is 29.3 Å². The van der Waals surface area contributed by atoms with Crippen LogP contribution in [-0.4, -0.2) is 17.4 Å². The van der Waals surface area contributed by atoms with Crippen LogP contribution in [0.15, 0.2) is 12.7 Å². The van der Waals surface area contributed by atoms with Crippen molar-refractivity contribution in [2.24, 2.45) is 0 Å². The molecule has 3 heterocycles. The second-order valence-electron chi connectivity index (χ2n) is 5.93. The summed E-state index contributed by atoms with van der Waals surface area (Å²) in [5.74, 6) is -0.0164. The number of rotatable bonds is 4. The first-order valence-corrected chi connectivity index (χ1v) is 9.83. The van der Waals surface area contributed by atoms with Crippen LogP contribution in [-0.2, 0) is 17.8 Å². The molecule has 0 unspecified atom stereocenters. The number of nitrogens with one attached hydrogen (secondary N) is 2. The van der Waals surface area contributed by atoms with Gasteiger partial charge in [-0.3, -0.25) is 4.79 Å². The highest BCUT2D eigenvalue weighted by Gasteiger charge is 2.24. The van der Waals surface area contributed by atoms with Gasteiger partial charge in [0.25, 0.3) is 0 Å². The van der Waals surface area contributed by atoms with Crippen molar-refractivity contribution in [2.45, 2.75) is 32.2 Å². The fourth-order valence-electron chi connectivity index (χ4n) is 3.14. The zero-order valence-electron chi connectivity index (χ0n) is 13.4. The first-order valence-electron chi connectivity index (χ1n) is 8.20. The number of thiazole rings is 1. The molecule has 2 aliphatic rings. The van der Waals surface area contributed by atoms with E-state index in [0.717, 1.165) is 53.3 Å². The van der Waals surface area contributed by atoms with E-state index in [-0.39, 0.29) is 5.91 Å². The smallest absolute Gasteiger partial charge is 0.228 e. The van der Waals surface area contributed by atoms with Crippen LogP contribution in [0.1, 0.15) is 29.7 Å². The molecule has 1 aliphatic heterocycles. The van der Waals surface area contributed by atoms with Crippen molar-refractivity contribution < 1.29 is 4.79 Å². The maximum atomic E-state index is 12.1. The van der Waals surface area contributed by atoms with E-state index in [1.54, 1.807) is 28.7 Å². The number of thiophene rings is 1. The van der Waals surface area contributed by atoms with Gasteiger partial charge >= 0.3 is 0 Å². The van der Waals surface area contributed by atoms with E-state index in [2.05, 4.69) is 29.4 Å². The topological polar surface area (TPSA) is 54.0 Å². The van der Waals surface area contributed by atoms with Crippen LogP contribution in [0.3, 0.4) is 0 Å². The summed E-state index contributed by atoms with van der Waals surface area (Å²) in [6.07, 6.45) is 9.58. The molecule has 4 rings (SSSR count). The molecule has 0 fully saturated rings. The predicted octanol–water partition coefficient (Wildman–Crippen LogP) is 2.39. The van der Waals surface area contributed by atoms with Gasteiger partial charge in [0, 0.05) is 23.4 Å². The van der Waals surface area contributed by atoms with Crippen molar-refractivity contribution in [1.29, 1.82) is 0 Å². The summed E-state index contributed by atoms with van der Waals surface area (Å²) in [5.41, 5.74) is 2.48. The average molecular weight is 358 g/mol. The van der Waals surface area contributed by atoms with Gasteiger partial charge in [-0.25, -0.2) is 4.98 Å². The minimum absolute atomic E-state index is 0.0164. The number of hydrogen-bond acceptors (Lipinski definition) is 5. The second-order valence-corrected chi connectivity index (χ2v) is 8.07. The molecule has 0 radical (unpaired) electrons. The number of anilines is 1. The average Bonchev–Trinajstić information content (AvgIpc) is 3.14. The summed E-state index contributed by atoms with van der Waals surface area (Å²) >= 11 is 3.41. The zero-order chi connectivity index (χ0) is 16.5. The third kappa shape index (κ3) is 2.85. The number of hydrogen-bond donors (Lipinski definition) is 2. The Balaban J connectivity index is 1.83. The molecular formula is C18H19N3OS2. The number of carbonyl (C=O) groups excluding carboxylic acids is 1. The van der Waals surface area contributed by atoms with Crippen molar-refractivity contribution in [3.63, 3.8) is 0 Å². The van der Waals surface area contributed by atoms with Crippen LogP contribution in [0.5, 0.6) is 0 Å². The maximum absolute atomic E-state index is 12.1. The summed E-state index contributed by atoms with van der Waals surface area (Å²) in [5, 5.41) is 9.55. The van der Waals surface area contributed by atoms with Gasteiger partial charge in [0.15, 0.2) is 0 Å². The van der Waals surface area contributed by atoms with E-state index in [0.29, 0.717) is 6.42 Å². The quantitative estimate of drug-likeness (QED) is 0.826. The molecule has 2 aromatic rings. The van der Waals surface area contributed by atoms with Crippen LogP contribution in [0.4, 0.5) is 5.00 Å². The summed E-state index contributed by atoms with van der Waals surface area (Å²) < 4.78 is 1.26. The molecule has 4 nitrogen and oxygen atoms in total. The predicted molar refractivity (Wildman–Crippen MR) is 102 cm³/mol. The van der Waals surface area contributed by atoms with E-state index in [9.17, 15) is 4.79 Å². The summed E-state index contributed by atoms with van der Waals surface area (Å²) in [4.78, 5) is 18.3. The third-order valence-corrected chi connectivity index (χ3v) is 6.47. The zero-order valence-corrected chi connectivity index (χ0v) is 15.0. The number of amides is 1. The van der Waals surface area contributed by atoms with E-state index in [1.807, 2.05) is 0 Å². The SMILES string of the molecule is C=CCC(=O)Nc1sc2c(c1-c1nc3c(s1)=CCCC=3)CCNC2. The van der Waals surface area contributed by atoms with Crippen molar-refractivity contribution in [3.05, 3.63) is 33.0 Å². The number of aromatic nitrogens is 1. The van der Waals surface area contributed by atoms with E-state index in [4.69, 9.17) is 4.98 Å². The molecule has 2 aromatic heterocycles.